The fourth-order valence-corrected chi connectivity index (χ4v) is 6.20. The normalized spacial score (nSPS) is 14.5. The van der Waals surface area contributed by atoms with Gasteiger partial charge in [-0.1, -0.05) is 18.5 Å². The Morgan fingerprint density at radius 1 is 1.36 bits per heavy atom. The molecule has 0 spiro atoms. The summed E-state index contributed by atoms with van der Waals surface area (Å²) >= 11 is 6.61. The number of anilines is 1. The van der Waals surface area contributed by atoms with E-state index in [9.17, 15) is 28.4 Å². The van der Waals surface area contributed by atoms with Crippen LogP contribution in [0, 0.1) is 18.3 Å². The van der Waals surface area contributed by atoms with Gasteiger partial charge in [0.05, 0.1) is 21.2 Å². The number of halogens is 1. The van der Waals surface area contributed by atoms with Gasteiger partial charge in [-0.2, -0.15) is 5.26 Å². The SMILES string of the molecule is CCc1c(C#N)c(N2CCC(NC(=O)NS(=O)(=O)c3ccc(Cl)s3)CC2)nc(C)c1C(=O)O. The summed E-state index contributed by atoms with van der Waals surface area (Å²) in [6, 6.07) is 3.75. The fraction of sp³-hybridized carbons (Fsp3) is 0.400. The Morgan fingerprint density at radius 2 is 2.03 bits per heavy atom. The molecule has 0 radical (unpaired) electrons. The predicted molar refractivity (Wildman–Crippen MR) is 123 cm³/mol. The number of sulfonamides is 1. The average molecular weight is 512 g/mol. The second kappa shape index (κ2) is 9.94. The maximum absolute atomic E-state index is 12.3. The van der Waals surface area contributed by atoms with E-state index in [0.717, 1.165) is 11.3 Å². The van der Waals surface area contributed by atoms with Crippen LogP contribution in [0.2, 0.25) is 4.34 Å². The van der Waals surface area contributed by atoms with E-state index in [4.69, 9.17) is 11.6 Å². The van der Waals surface area contributed by atoms with Crippen LogP contribution in [0.1, 0.15) is 46.9 Å². The summed E-state index contributed by atoms with van der Waals surface area (Å²) in [6.07, 6.45) is 1.36. The molecular weight excluding hydrogens is 490 g/mol. The highest BCUT2D eigenvalue weighted by Crippen LogP contribution is 2.29. The minimum absolute atomic E-state index is 0.0549. The van der Waals surface area contributed by atoms with Crippen molar-refractivity contribution in [1.82, 2.24) is 15.0 Å². The largest absolute Gasteiger partial charge is 0.478 e. The van der Waals surface area contributed by atoms with Gasteiger partial charge in [-0.05, 0) is 43.9 Å². The van der Waals surface area contributed by atoms with Gasteiger partial charge in [0.1, 0.15) is 16.1 Å². The average Bonchev–Trinajstić information content (AvgIpc) is 3.20. The third-order valence-electron chi connectivity index (χ3n) is 5.31. The number of pyridine rings is 1. The minimum atomic E-state index is -4.01. The van der Waals surface area contributed by atoms with E-state index < -0.39 is 22.0 Å². The van der Waals surface area contributed by atoms with Gasteiger partial charge in [0.2, 0.25) is 0 Å². The monoisotopic (exact) mass is 511 g/mol. The van der Waals surface area contributed by atoms with E-state index >= 15 is 0 Å². The maximum Gasteiger partial charge on any atom is 0.337 e. The van der Waals surface area contributed by atoms with Crippen molar-refractivity contribution in [3.63, 3.8) is 0 Å². The number of piperidine rings is 1. The van der Waals surface area contributed by atoms with Crippen LogP contribution in [0.4, 0.5) is 10.6 Å². The number of hydrogen-bond acceptors (Lipinski definition) is 8. The molecule has 0 bridgehead atoms. The van der Waals surface area contributed by atoms with Gasteiger partial charge < -0.3 is 15.3 Å². The van der Waals surface area contributed by atoms with Crippen LogP contribution in [-0.2, 0) is 16.4 Å². The first-order valence-corrected chi connectivity index (χ1v) is 12.8. The number of nitriles is 1. The smallest absolute Gasteiger partial charge is 0.337 e. The second-order valence-corrected chi connectivity index (χ2v) is 11.0. The molecule has 10 nitrogen and oxygen atoms in total. The summed E-state index contributed by atoms with van der Waals surface area (Å²) < 4.78 is 26.8. The molecule has 1 saturated heterocycles. The zero-order chi connectivity index (χ0) is 24.3. The summed E-state index contributed by atoms with van der Waals surface area (Å²) in [5, 5.41) is 21.9. The van der Waals surface area contributed by atoms with E-state index in [1.165, 1.54) is 12.1 Å². The van der Waals surface area contributed by atoms with Gasteiger partial charge in [-0.15, -0.1) is 11.3 Å². The van der Waals surface area contributed by atoms with Crippen LogP contribution in [0.15, 0.2) is 16.3 Å². The Balaban J connectivity index is 1.68. The molecule has 1 aliphatic rings. The highest BCUT2D eigenvalue weighted by Gasteiger charge is 2.28. The zero-order valence-electron chi connectivity index (χ0n) is 17.9. The zero-order valence-corrected chi connectivity index (χ0v) is 20.3. The molecule has 0 aliphatic carbocycles. The summed E-state index contributed by atoms with van der Waals surface area (Å²) in [4.78, 5) is 30.2. The summed E-state index contributed by atoms with van der Waals surface area (Å²) in [6.45, 7) is 4.30. The lowest BCUT2D eigenvalue weighted by atomic mass is 9.97. The lowest BCUT2D eigenvalue weighted by Crippen LogP contribution is -2.49. The second-order valence-electron chi connectivity index (χ2n) is 7.42. The van der Waals surface area contributed by atoms with Crippen LogP contribution < -0.4 is 14.9 Å². The van der Waals surface area contributed by atoms with Gasteiger partial charge in [-0.25, -0.2) is 27.7 Å². The van der Waals surface area contributed by atoms with E-state index in [-0.39, 0.29) is 21.4 Å². The Morgan fingerprint density at radius 3 is 2.55 bits per heavy atom. The van der Waals surface area contributed by atoms with Crippen molar-refractivity contribution < 1.29 is 23.1 Å². The van der Waals surface area contributed by atoms with Crippen LogP contribution in [0.3, 0.4) is 0 Å². The van der Waals surface area contributed by atoms with E-state index in [1.807, 2.05) is 9.62 Å². The van der Waals surface area contributed by atoms with E-state index in [2.05, 4.69) is 16.4 Å². The van der Waals surface area contributed by atoms with Crippen molar-refractivity contribution in [2.75, 3.05) is 18.0 Å². The molecule has 2 amide bonds. The van der Waals surface area contributed by atoms with Gasteiger partial charge in [0.25, 0.3) is 10.0 Å². The first-order valence-electron chi connectivity index (χ1n) is 10.1. The number of nitrogens with zero attached hydrogens (tertiary/aromatic N) is 3. The molecule has 33 heavy (non-hydrogen) atoms. The van der Waals surface area contributed by atoms with Crippen LogP contribution >= 0.6 is 22.9 Å². The Kier molecular flexibility index (Phi) is 7.46. The Labute approximate surface area is 200 Å². The van der Waals surface area contributed by atoms with Crippen LogP contribution in [0.5, 0.6) is 0 Å². The quantitative estimate of drug-likeness (QED) is 0.535. The number of carbonyl (C=O) groups is 2. The molecule has 1 aliphatic heterocycles. The molecule has 0 saturated carbocycles. The number of aromatic carboxylic acids is 1. The molecule has 2 aromatic rings. The molecule has 2 aromatic heterocycles. The molecule has 1 fully saturated rings. The Bertz CT molecular complexity index is 1230. The van der Waals surface area contributed by atoms with Crippen LogP contribution in [-0.4, -0.2) is 49.6 Å². The van der Waals surface area contributed by atoms with Crippen molar-refractivity contribution in [2.24, 2.45) is 0 Å². The molecule has 0 atom stereocenters. The predicted octanol–water partition coefficient (Wildman–Crippen LogP) is 2.89. The van der Waals surface area contributed by atoms with E-state index in [1.54, 1.807) is 13.8 Å². The van der Waals surface area contributed by atoms with Crippen molar-refractivity contribution in [3.05, 3.63) is 38.9 Å². The number of urea groups is 1. The summed E-state index contributed by atoms with van der Waals surface area (Å²) in [5.74, 6) is -0.689. The number of rotatable bonds is 6. The van der Waals surface area contributed by atoms with Crippen LogP contribution in [0.25, 0.3) is 0 Å². The first-order chi connectivity index (χ1) is 15.6. The van der Waals surface area contributed by atoms with Crippen molar-refractivity contribution >= 4 is 50.8 Å². The minimum Gasteiger partial charge on any atom is -0.478 e. The maximum atomic E-state index is 12.3. The van der Waals surface area contributed by atoms with Crippen molar-refractivity contribution in [2.45, 2.75) is 43.4 Å². The molecule has 3 heterocycles. The number of amides is 2. The van der Waals surface area contributed by atoms with E-state index in [0.29, 0.717) is 53.8 Å². The number of carboxylic acids is 1. The highest BCUT2D eigenvalue weighted by molar-refractivity contribution is 7.92. The molecule has 3 rings (SSSR count). The molecule has 176 valence electrons. The number of carboxylic acid groups (broad SMARTS) is 1. The number of carbonyl (C=O) groups excluding carboxylic acids is 1. The van der Waals surface area contributed by atoms with Gasteiger partial charge in [0.15, 0.2) is 0 Å². The molecule has 0 unspecified atom stereocenters. The number of aryl methyl sites for hydroxylation is 1. The topological polar surface area (TPSA) is 152 Å². The molecule has 3 N–H and O–H groups in total. The highest BCUT2D eigenvalue weighted by atomic mass is 35.5. The molecule has 13 heteroatoms. The number of thiophene rings is 1. The molecular formula is C20H22ClN5O5S2. The molecule has 0 aromatic carbocycles. The number of nitrogens with one attached hydrogen (secondary N) is 2. The van der Waals surface area contributed by atoms with Gasteiger partial charge in [0, 0.05) is 19.1 Å². The third-order valence-corrected chi connectivity index (χ3v) is 8.37. The van der Waals surface area contributed by atoms with Gasteiger partial charge in [-0.3, -0.25) is 0 Å². The number of aromatic nitrogens is 1. The van der Waals surface area contributed by atoms with Crippen molar-refractivity contribution in [3.8, 4) is 6.07 Å². The van der Waals surface area contributed by atoms with Crippen molar-refractivity contribution in [1.29, 1.82) is 5.26 Å². The number of hydrogen-bond donors (Lipinski definition) is 3. The van der Waals surface area contributed by atoms with Gasteiger partial charge >= 0.3 is 12.0 Å². The standard InChI is InChI=1S/C20H22ClN5O5S2/c1-3-13-14(10-22)18(23-11(2)17(13)19(27)28)26-8-6-12(7-9-26)24-20(29)25-33(30,31)16-5-4-15(21)32-16/h4-5,12H,3,6-9H2,1-2H3,(H,27,28)(H2,24,25,29). The lowest BCUT2D eigenvalue weighted by molar-refractivity contribution is 0.0694. The lowest BCUT2D eigenvalue weighted by Gasteiger charge is -2.34. The first kappa shape index (κ1) is 24.8. The Hall–Kier alpha value is -2.88. The third kappa shape index (κ3) is 5.38. The summed E-state index contributed by atoms with van der Waals surface area (Å²) in [7, 11) is -4.01. The summed E-state index contributed by atoms with van der Waals surface area (Å²) in [5.41, 5.74) is 1.09. The fourth-order valence-electron chi connectivity index (χ4n) is 3.80.